The lowest BCUT2D eigenvalue weighted by atomic mass is 9.94. The van der Waals surface area contributed by atoms with Gasteiger partial charge in [-0.15, -0.1) is 0 Å². The number of nitrogens with zero attached hydrogens (tertiary/aromatic N) is 3. The SMILES string of the molecule is CN(CC(C)(C)CO)c1nccc(C2CCCC2)n1. The van der Waals surface area contributed by atoms with Crippen LogP contribution in [0.1, 0.15) is 51.1 Å². The summed E-state index contributed by atoms with van der Waals surface area (Å²) in [6.45, 7) is 5.01. The molecule has 0 aliphatic heterocycles. The van der Waals surface area contributed by atoms with Crippen LogP contribution in [0.5, 0.6) is 0 Å². The standard InChI is InChI=1S/C15H25N3O/c1-15(2,11-19)10-18(3)14-16-9-8-13(17-14)12-6-4-5-7-12/h8-9,12,19H,4-7,10-11H2,1-3H3. The molecule has 1 aliphatic carbocycles. The van der Waals surface area contributed by atoms with Crippen molar-refractivity contribution in [2.24, 2.45) is 5.41 Å². The number of hydrogen-bond donors (Lipinski definition) is 1. The largest absolute Gasteiger partial charge is 0.396 e. The fourth-order valence-electron chi connectivity index (χ4n) is 2.76. The first kappa shape index (κ1) is 14.3. The molecule has 4 nitrogen and oxygen atoms in total. The van der Waals surface area contributed by atoms with Gasteiger partial charge in [-0.25, -0.2) is 9.97 Å². The van der Waals surface area contributed by atoms with E-state index in [1.807, 2.05) is 38.1 Å². The van der Waals surface area contributed by atoms with Gasteiger partial charge in [0.25, 0.3) is 0 Å². The summed E-state index contributed by atoms with van der Waals surface area (Å²) in [5.74, 6) is 1.38. The van der Waals surface area contributed by atoms with Crippen LogP contribution < -0.4 is 4.90 Å². The lowest BCUT2D eigenvalue weighted by Gasteiger charge is -2.28. The van der Waals surface area contributed by atoms with E-state index >= 15 is 0 Å². The summed E-state index contributed by atoms with van der Waals surface area (Å²) >= 11 is 0. The summed E-state index contributed by atoms with van der Waals surface area (Å²) in [7, 11) is 1.99. The second-order valence-electron chi connectivity index (χ2n) is 6.44. The van der Waals surface area contributed by atoms with Gasteiger partial charge < -0.3 is 10.0 Å². The van der Waals surface area contributed by atoms with Gasteiger partial charge in [-0.05, 0) is 18.9 Å². The highest BCUT2D eigenvalue weighted by Gasteiger charge is 2.22. The molecule has 0 saturated heterocycles. The average molecular weight is 263 g/mol. The summed E-state index contributed by atoms with van der Waals surface area (Å²) in [6.07, 6.45) is 7.00. The number of anilines is 1. The van der Waals surface area contributed by atoms with Gasteiger partial charge in [0.2, 0.25) is 5.95 Å². The minimum atomic E-state index is -0.137. The Kier molecular flexibility index (Phi) is 4.40. The summed E-state index contributed by atoms with van der Waals surface area (Å²) in [4.78, 5) is 11.1. The molecule has 1 saturated carbocycles. The average Bonchev–Trinajstić information content (AvgIpc) is 2.92. The lowest BCUT2D eigenvalue weighted by molar-refractivity contribution is 0.165. The Morgan fingerprint density at radius 1 is 1.37 bits per heavy atom. The molecule has 1 aromatic heterocycles. The van der Waals surface area contributed by atoms with E-state index in [-0.39, 0.29) is 12.0 Å². The molecule has 1 aliphatic rings. The van der Waals surface area contributed by atoms with E-state index in [2.05, 4.69) is 4.98 Å². The molecule has 0 amide bonds. The molecule has 2 rings (SSSR count). The fraction of sp³-hybridized carbons (Fsp3) is 0.733. The highest BCUT2D eigenvalue weighted by atomic mass is 16.3. The molecule has 1 aromatic rings. The summed E-state index contributed by atoms with van der Waals surface area (Å²) in [5, 5.41) is 9.35. The Morgan fingerprint density at radius 2 is 2.05 bits per heavy atom. The van der Waals surface area contributed by atoms with Crippen LogP contribution in [-0.4, -0.2) is 35.3 Å². The maximum atomic E-state index is 9.35. The molecule has 106 valence electrons. The number of aromatic nitrogens is 2. The van der Waals surface area contributed by atoms with Crippen molar-refractivity contribution in [3.63, 3.8) is 0 Å². The van der Waals surface area contributed by atoms with Crippen LogP contribution in [0.2, 0.25) is 0 Å². The van der Waals surface area contributed by atoms with Gasteiger partial charge in [0.05, 0.1) is 0 Å². The monoisotopic (exact) mass is 263 g/mol. The van der Waals surface area contributed by atoms with E-state index in [0.29, 0.717) is 5.92 Å². The molecular formula is C15H25N3O. The van der Waals surface area contributed by atoms with Crippen LogP contribution in [0.25, 0.3) is 0 Å². The second-order valence-corrected chi connectivity index (χ2v) is 6.44. The van der Waals surface area contributed by atoms with E-state index in [4.69, 9.17) is 4.98 Å². The van der Waals surface area contributed by atoms with Crippen LogP contribution in [0.3, 0.4) is 0 Å². The molecule has 1 fully saturated rings. The number of aliphatic hydroxyl groups excluding tert-OH is 1. The third kappa shape index (κ3) is 3.66. The number of hydrogen-bond acceptors (Lipinski definition) is 4. The fourth-order valence-corrected chi connectivity index (χ4v) is 2.76. The first-order valence-corrected chi connectivity index (χ1v) is 7.17. The zero-order chi connectivity index (χ0) is 13.9. The van der Waals surface area contributed by atoms with Crippen LogP contribution in [0.4, 0.5) is 5.95 Å². The van der Waals surface area contributed by atoms with Gasteiger partial charge in [0, 0.05) is 43.4 Å². The van der Waals surface area contributed by atoms with Crippen molar-refractivity contribution in [1.82, 2.24) is 9.97 Å². The summed E-state index contributed by atoms with van der Waals surface area (Å²) in [5.41, 5.74) is 1.04. The molecule has 0 unspecified atom stereocenters. The zero-order valence-corrected chi connectivity index (χ0v) is 12.3. The molecule has 0 bridgehead atoms. The Morgan fingerprint density at radius 3 is 2.68 bits per heavy atom. The first-order valence-electron chi connectivity index (χ1n) is 7.17. The third-order valence-corrected chi connectivity index (χ3v) is 3.87. The molecule has 0 radical (unpaired) electrons. The Hall–Kier alpha value is -1.16. The van der Waals surface area contributed by atoms with Crippen molar-refractivity contribution in [3.8, 4) is 0 Å². The predicted octanol–water partition coefficient (Wildman–Crippen LogP) is 2.59. The molecule has 0 spiro atoms. The minimum absolute atomic E-state index is 0.137. The van der Waals surface area contributed by atoms with Gasteiger partial charge in [0.1, 0.15) is 0 Å². The number of aliphatic hydroxyl groups is 1. The second kappa shape index (κ2) is 5.87. The van der Waals surface area contributed by atoms with E-state index in [0.717, 1.165) is 12.5 Å². The van der Waals surface area contributed by atoms with Crippen LogP contribution >= 0.6 is 0 Å². The van der Waals surface area contributed by atoms with Crippen molar-refractivity contribution in [1.29, 1.82) is 0 Å². The third-order valence-electron chi connectivity index (χ3n) is 3.87. The Balaban J connectivity index is 2.09. The van der Waals surface area contributed by atoms with Crippen molar-refractivity contribution in [3.05, 3.63) is 18.0 Å². The topological polar surface area (TPSA) is 49.2 Å². The zero-order valence-electron chi connectivity index (χ0n) is 12.3. The van der Waals surface area contributed by atoms with Gasteiger partial charge in [0.15, 0.2) is 0 Å². The highest BCUT2D eigenvalue weighted by molar-refractivity contribution is 5.30. The first-order chi connectivity index (χ1) is 9.02. The molecule has 0 atom stereocenters. The van der Waals surface area contributed by atoms with Crippen LogP contribution in [0, 0.1) is 5.41 Å². The molecule has 0 aromatic carbocycles. The van der Waals surface area contributed by atoms with Gasteiger partial charge in [-0.2, -0.15) is 0 Å². The number of rotatable bonds is 5. The quantitative estimate of drug-likeness (QED) is 0.887. The minimum Gasteiger partial charge on any atom is -0.396 e. The van der Waals surface area contributed by atoms with Gasteiger partial charge in [-0.3, -0.25) is 0 Å². The molecule has 19 heavy (non-hydrogen) atoms. The normalized spacial score (nSPS) is 16.8. The van der Waals surface area contributed by atoms with Crippen molar-refractivity contribution < 1.29 is 5.11 Å². The van der Waals surface area contributed by atoms with Crippen LogP contribution in [0.15, 0.2) is 12.3 Å². The van der Waals surface area contributed by atoms with Gasteiger partial charge >= 0.3 is 0 Å². The summed E-state index contributed by atoms with van der Waals surface area (Å²) < 4.78 is 0. The van der Waals surface area contributed by atoms with Gasteiger partial charge in [-0.1, -0.05) is 26.7 Å². The molecular weight excluding hydrogens is 238 g/mol. The molecule has 1 N–H and O–H groups in total. The van der Waals surface area contributed by atoms with E-state index in [1.165, 1.54) is 31.4 Å². The molecule has 1 heterocycles. The van der Waals surface area contributed by atoms with E-state index < -0.39 is 0 Å². The Labute approximate surface area is 115 Å². The molecule has 4 heteroatoms. The van der Waals surface area contributed by atoms with Crippen LogP contribution in [-0.2, 0) is 0 Å². The van der Waals surface area contributed by atoms with E-state index in [1.54, 1.807) is 0 Å². The maximum Gasteiger partial charge on any atom is 0.225 e. The smallest absolute Gasteiger partial charge is 0.225 e. The van der Waals surface area contributed by atoms with Crippen molar-refractivity contribution in [2.75, 3.05) is 25.1 Å². The van der Waals surface area contributed by atoms with Crippen molar-refractivity contribution >= 4 is 5.95 Å². The maximum absolute atomic E-state index is 9.35. The van der Waals surface area contributed by atoms with E-state index in [9.17, 15) is 5.11 Å². The van der Waals surface area contributed by atoms with Crippen molar-refractivity contribution in [2.45, 2.75) is 45.4 Å². The Bertz CT molecular complexity index is 414. The predicted molar refractivity (Wildman–Crippen MR) is 77.4 cm³/mol. The summed E-state index contributed by atoms with van der Waals surface area (Å²) in [6, 6.07) is 2.05. The highest BCUT2D eigenvalue weighted by Crippen LogP contribution is 2.33. The lowest BCUT2D eigenvalue weighted by Crippen LogP contribution is -2.34.